The molecule has 1 saturated carbocycles. The molecule has 2 N–H and O–H groups in total. The molecule has 1 amide bonds. The highest BCUT2D eigenvalue weighted by atomic mass is 19.1. The molecule has 1 aromatic carbocycles. The van der Waals surface area contributed by atoms with Gasteiger partial charge in [0.2, 0.25) is 0 Å². The maximum Gasteiger partial charge on any atom is 0.329 e. The van der Waals surface area contributed by atoms with Crippen LogP contribution < -0.4 is 10.1 Å². The van der Waals surface area contributed by atoms with E-state index < -0.39 is 23.2 Å². The van der Waals surface area contributed by atoms with Gasteiger partial charge in [-0.05, 0) is 37.5 Å². The van der Waals surface area contributed by atoms with Crippen LogP contribution in [-0.2, 0) is 4.79 Å². The molecular weight excluding hydrogens is 253 g/mol. The standard InChI is InChI=1S/C13H14FNO4/c1-19-10-4-3-8(14)7-9(10)11(16)15-13(12(17)18)5-2-6-13/h3-4,7H,2,5-6H2,1H3,(H,15,16)(H,17,18). The van der Waals surface area contributed by atoms with Gasteiger partial charge < -0.3 is 15.2 Å². The molecule has 1 aromatic rings. The lowest BCUT2D eigenvalue weighted by Gasteiger charge is -2.38. The van der Waals surface area contributed by atoms with Crippen LogP contribution in [0, 0.1) is 5.82 Å². The van der Waals surface area contributed by atoms with Gasteiger partial charge >= 0.3 is 5.97 Å². The van der Waals surface area contributed by atoms with Crippen LogP contribution in [0.1, 0.15) is 29.6 Å². The van der Waals surface area contributed by atoms with Crippen LogP contribution in [0.3, 0.4) is 0 Å². The fraction of sp³-hybridized carbons (Fsp3) is 0.385. The first-order valence-corrected chi connectivity index (χ1v) is 5.88. The molecule has 1 aliphatic rings. The van der Waals surface area contributed by atoms with E-state index in [1.54, 1.807) is 0 Å². The van der Waals surface area contributed by atoms with Crippen LogP contribution >= 0.6 is 0 Å². The molecule has 0 heterocycles. The summed E-state index contributed by atoms with van der Waals surface area (Å²) in [7, 11) is 1.36. The quantitative estimate of drug-likeness (QED) is 0.868. The van der Waals surface area contributed by atoms with Crippen molar-refractivity contribution in [3.8, 4) is 5.75 Å². The molecule has 19 heavy (non-hydrogen) atoms. The average molecular weight is 267 g/mol. The van der Waals surface area contributed by atoms with Gasteiger partial charge in [0.25, 0.3) is 5.91 Å². The van der Waals surface area contributed by atoms with Gasteiger partial charge in [-0.15, -0.1) is 0 Å². The Balaban J connectivity index is 2.25. The third kappa shape index (κ3) is 2.38. The number of rotatable bonds is 4. The molecule has 1 fully saturated rings. The molecule has 0 atom stereocenters. The Morgan fingerprint density at radius 2 is 2.11 bits per heavy atom. The molecular formula is C13H14FNO4. The number of halogens is 1. The van der Waals surface area contributed by atoms with Gasteiger partial charge in [-0.1, -0.05) is 0 Å². The minimum Gasteiger partial charge on any atom is -0.496 e. The summed E-state index contributed by atoms with van der Waals surface area (Å²) in [4.78, 5) is 23.2. The molecule has 6 heteroatoms. The van der Waals surface area contributed by atoms with Crippen molar-refractivity contribution >= 4 is 11.9 Å². The van der Waals surface area contributed by atoms with Gasteiger partial charge in [-0.25, -0.2) is 9.18 Å². The number of carbonyl (C=O) groups is 2. The third-order valence-corrected chi connectivity index (χ3v) is 3.38. The van der Waals surface area contributed by atoms with Gasteiger partial charge in [0, 0.05) is 0 Å². The largest absolute Gasteiger partial charge is 0.496 e. The van der Waals surface area contributed by atoms with Crippen molar-refractivity contribution in [2.24, 2.45) is 0 Å². The summed E-state index contributed by atoms with van der Waals surface area (Å²) in [5.74, 6) is -2.08. The highest BCUT2D eigenvalue weighted by Crippen LogP contribution is 2.33. The lowest BCUT2D eigenvalue weighted by molar-refractivity contribution is -0.148. The summed E-state index contributed by atoms with van der Waals surface area (Å²) in [5, 5.41) is 11.6. The Labute approximate surface area is 109 Å². The fourth-order valence-corrected chi connectivity index (χ4v) is 2.06. The summed E-state index contributed by atoms with van der Waals surface area (Å²) in [6, 6.07) is 3.53. The second-order valence-electron chi connectivity index (χ2n) is 4.54. The molecule has 0 saturated heterocycles. The highest BCUT2D eigenvalue weighted by molar-refractivity contribution is 6.00. The van der Waals surface area contributed by atoms with Crippen molar-refractivity contribution in [1.82, 2.24) is 5.32 Å². The molecule has 102 valence electrons. The normalized spacial score (nSPS) is 16.3. The predicted molar refractivity (Wildman–Crippen MR) is 64.6 cm³/mol. The number of methoxy groups -OCH3 is 1. The summed E-state index contributed by atoms with van der Waals surface area (Å²) < 4.78 is 18.2. The van der Waals surface area contributed by atoms with E-state index >= 15 is 0 Å². The zero-order valence-corrected chi connectivity index (χ0v) is 10.4. The van der Waals surface area contributed by atoms with E-state index in [-0.39, 0.29) is 11.3 Å². The van der Waals surface area contributed by atoms with E-state index in [1.807, 2.05) is 0 Å². The zero-order chi connectivity index (χ0) is 14.0. The summed E-state index contributed by atoms with van der Waals surface area (Å²) in [6.07, 6.45) is 1.50. The molecule has 0 spiro atoms. The van der Waals surface area contributed by atoms with Crippen molar-refractivity contribution in [1.29, 1.82) is 0 Å². The highest BCUT2D eigenvalue weighted by Gasteiger charge is 2.46. The summed E-state index contributed by atoms with van der Waals surface area (Å²) in [6.45, 7) is 0. The lowest BCUT2D eigenvalue weighted by Crippen LogP contribution is -2.59. The molecule has 2 rings (SSSR count). The maximum atomic E-state index is 13.2. The number of benzene rings is 1. The van der Waals surface area contributed by atoms with Gasteiger partial charge in [0.15, 0.2) is 0 Å². The molecule has 0 bridgehead atoms. The molecule has 0 radical (unpaired) electrons. The van der Waals surface area contributed by atoms with Crippen molar-refractivity contribution in [2.45, 2.75) is 24.8 Å². The molecule has 5 nitrogen and oxygen atoms in total. The minimum absolute atomic E-state index is 0.00461. The van der Waals surface area contributed by atoms with E-state index in [0.717, 1.165) is 12.5 Å². The first-order valence-electron chi connectivity index (χ1n) is 5.88. The number of hydrogen-bond donors (Lipinski definition) is 2. The Morgan fingerprint density at radius 1 is 1.42 bits per heavy atom. The Kier molecular flexibility index (Phi) is 3.42. The third-order valence-electron chi connectivity index (χ3n) is 3.38. The zero-order valence-electron chi connectivity index (χ0n) is 10.4. The van der Waals surface area contributed by atoms with Gasteiger partial charge in [0.1, 0.15) is 17.1 Å². The second kappa shape index (κ2) is 4.87. The summed E-state index contributed by atoms with van der Waals surface area (Å²) in [5.41, 5.74) is -1.23. The number of aliphatic carboxylic acids is 1. The molecule has 0 aliphatic heterocycles. The summed E-state index contributed by atoms with van der Waals surface area (Å²) >= 11 is 0. The first-order chi connectivity index (χ1) is 8.98. The van der Waals surface area contributed by atoms with E-state index in [0.29, 0.717) is 12.8 Å². The van der Waals surface area contributed by atoms with Gasteiger partial charge in [-0.2, -0.15) is 0 Å². The lowest BCUT2D eigenvalue weighted by atomic mass is 9.76. The Hall–Kier alpha value is -2.11. The topological polar surface area (TPSA) is 75.6 Å². The van der Waals surface area contributed by atoms with Crippen LogP contribution in [0.15, 0.2) is 18.2 Å². The monoisotopic (exact) mass is 267 g/mol. The minimum atomic E-state index is -1.23. The average Bonchev–Trinajstić information content (AvgIpc) is 2.33. The maximum absolute atomic E-state index is 13.2. The van der Waals surface area contributed by atoms with E-state index in [2.05, 4.69) is 5.32 Å². The number of carboxylic acids is 1. The smallest absolute Gasteiger partial charge is 0.329 e. The molecule has 0 aromatic heterocycles. The molecule has 0 unspecified atom stereocenters. The van der Waals surface area contributed by atoms with Crippen LogP contribution in [0.2, 0.25) is 0 Å². The van der Waals surface area contributed by atoms with Crippen molar-refractivity contribution in [3.63, 3.8) is 0 Å². The Morgan fingerprint density at radius 3 is 2.58 bits per heavy atom. The van der Waals surface area contributed by atoms with Gasteiger partial charge in [-0.3, -0.25) is 4.79 Å². The van der Waals surface area contributed by atoms with Crippen LogP contribution in [0.5, 0.6) is 5.75 Å². The number of nitrogens with one attached hydrogen (secondary N) is 1. The van der Waals surface area contributed by atoms with Crippen LogP contribution in [0.4, 0.5) is 4.39 Å². The van der Waals surface area contributed by atoms with Crippen molar-refractivity contribution in [2.75, 3.05) is 7.11 Å². The number of ether oxygens (including phenoxy) is 1. The predicted octanol–water partition coefficient (Wildman–Crippen LogP) is 1.57. The molecule has 1 aliphatic carbocycles. The second-order valence-corrected chi connectivity index (χ2v) is 4.54. The number of amides is 1. The fourth-order valence-electron chi connectivity index (χ4n) is 2.06. The van der Waals surface area contributed by atoms with Crippen molar-refractivity contribution < 1.29 is 23.8 Å². The number of hydrogen-bond acceptors (Lipinski definition) is 3. The number of carbonyl (C=O) groups excluding carboxylic acids is 1. The first kappa shape index (κ1) is 13.3. The van der Waals surface area contributed by atoms with E-state index in [4.69, 9.17) is 9.84 Å². The van der Waals surface area contributed by atoms with E-state index in [1.165, 1.54) is 19.2 Å². The Bertz CT molecular complexity index is 525. The number of carboxylic acid groups (broad SMARTS) is 1. The van der Waals surface area contributed by atoms with Crippen LogP contribution in [-0.4, -0.2) is 29.6 Å². The van der Waals surface area contributed by atoms with Crippen LogP contribution in [0.25, 0.3) is 0 Å². The van der Waals surface area contributed by atoms with Crippen molar-refractivity contribution in [3.05, 3.63) is 29.6 Å². The van der Waals surface area contributed by atoms with Gasteiger partial charge in [0.05, 0.1) is 12.7 Å². The van der Waals surface area contributed by atoms with E-state index in [9.17, 15) is 14.0 Å². The SMILES string of the molecule is COc1ccc(F)cc1C(=O)NC1(C(=O)O)CCC1.